The van der Waals surface area contributed by atoms with Crippen LogP contribution in [0, 0.1) is 0 Å². The second kappa shape index (κ2) is 9.81. The number of benzene rings is 1. The van der Waals surface area contributed by atoms with Gasteiger partial charge in [-0.15, -0.1) is 0 Å². The summed E-state index contributed by atoms with van der Waals surface area (Å²) >= 11 is 0. The molecule has 2 heterocycles. The third-order valence-electron chi connectivity index (χ3n) is 4.46. The van der Waals surface area contributed by atoms with E-state index >= 15 is 0 Å². The van der Waals surface area contributed by atoms with Crippen molar-refractivity contribution < 1.29 is 37.7 Å². The lowest BCUT2D eigenvalue weighted by Crippen LogP contribution is -2.45. The Bertz CT molecular complexity index is 997. The molecule has 10 nitrogen and oxygen atoms in total. The molecular formula is C21H22N2O8. The van der Waals surface area contributed by atoms with Crippen molar-refractivity contribution in [3.8, 4) is 11.5 Å². The van der Waals surface area contributed by atoms with Gasteiger partial charge in [0.05, 0.1) is 31.6 Å². The van der Waals surface area contributed by atoms with Crippen LogP contribution >= 0.6 is 0 Å². The summed E-state index contributed by atoms with van der Waals surface area (Å²) in [5.74, 6) is -0.868. The average Bonchev–Trinajstić information content (AvgIpc) is 3.28. The van der Waals surface area contributed by atoms with E-state index < -0.39 is 24.0 Å². The van der Waals surface area contributed by atoms with Crippen LogP contribution in [0.5, 0.6) is 11.5 Å². The number of ether oxygens (including phenoxy) is 4. The SMILES string of the molecule is COCCOC(=O)C1=C(C)NC(=O)N[C@@H]1c1ccc(OC(=O)c2ccco2)c(OC)c1. The number of carbonyl (C=O) groups excluding carboxylic acids is 3. The van der Waals surface area contributed by atoms with Crippen molar-refractivity contribution in [2.75, 3.05) is 27.4 Å². The first-order chi connectivity index (χ1) is 14.9. The van der Waals surface area contributed by atoms with E-state index in [2.05, 4.69) is 10.6 Å². The largest absolute Gasteiger partial charge is 0.493 e. The smallest absolute Gasteiger partial charge is 0.379 e. The fourth-order valence-corrected chi connectivity index (χ4v) is 3.00. The normalized spacial score (nSPS) is 15.7. The molecule has 10 heteroatoms. The lowest BCUT2D eigenvalue weighted by atomic mass is 9.95. The molecule has 3 rings (SSSR count). The number of furan rings is 1. The third-order valence-corrected chi connectivity index (χ3v) is 4.46. The van der Waals surface area contributed by atoms with Crippen LogP contribution in [0.3, 0.4) is 0 Å². The summed E-state index contributed by atoms with van der Waals surface area (Å²) in [5.41, 5.74) is 1.13. The highest BCUT2D eigenvalue weighted by atomic mass is 16.6. The summed E-state index contributed by atoms with van der Waals surface area (Å²) in [6.07, 6.45) is 1.36. The standard InChI is InChI=1S/C21H22N2O8/c1-12-17(20(25)30-10-9-27-2)18(23-21(26)22-12)13-6-7-14(16(11-13)28-3)31-19(24)15-5-4-8-29-15/h4-8,11,18H,9-10H2,1-3H3,(H2,22,23,26)/t18-/m1/s1. The molecule has 0 radical (unpaired) electrons. The minimum absolute atomic E-state index is 0.0383. The molecule has 1 aromatic heterocycles. The maximum absolute atomic E-state index is 12.6. The fourth-order valence-electron chi connectivity index (χ4n) is 3.00. The van der Waals surface area contributed by atoms with Crippen molar-refractivity contribution in [2.45, 2.75) is 13.0 Å². The molecular weight excluding hydrogens is 408 g/mol. The predicted octanol–water partition coefficient (Wildman–Crippen LogP) is 2.32. The topological polar surface area (TPSA) is 125 Å². The summed E-state index contributed by atoms with van der Waals surface area (Å²) in [6.45, 7) is 1.92. The Hall–Kier alpha value is -3.79. The highest BCUT2D eigenvalue weighted by Crippen LogP contribution is 2.35. The van der Waals surface area contributed by atoms with Gasteiger partial charge in [0.2, 0.25) is 5.76 Å². The highest BCUT2D eigenvalue weighted by Gasteiger charge is 2.33. The highest BCUT2D eigenvalue weighted by molar-refractivity contribution is 5.95. The van der Waals surface area contributed by atoms with Crippen LogP contribution in [0.1, 0.15) is 29.1 Å². The van der Waals surface area contributed by atoms with Gasteiger partial charge in [-0.25, -0.2) is 14.4 Å². The van der Waals surface area contributed by atoms with Gasteiger partial charge in [0.1, 0.15) is 6.61 Å². The Morgan fingerprint density at radius 2 is 1.90 bits per heavy atom. The molecule has 164 valence electrons. The second-order valence-corrected chi connectivity index (χ2v) is 6.48. The second-order valence-electron chi connectivity index (χ2n) is 6.48. The molecule has 31 heavy (non-hydrogen) atoms. The summed E-state index contributed by atoms with van der Waals surface area (Å²) in [5, 5.41) is 5.27. The Morgan fingerprint density at radius 3 is 2.58 bits per heavy atom. The first kappa shape index (κ1) is 21.9. The number of esters is 2. The molecule has 0 bridgehead atoms. The van der Waals surface area contributed by atoms with Gasteiger partial charge in [-0.05, 0) is 36.8 Å². The van der Waals surface area contributed by atoms with Crippen LogP contribution in [-0.2, 0) is 14.3 Å². The van der Waals surface area contributed by atoms with Gasteiger partial charge in [-0.1, -0.05) is 6.07 Å². The zero-order chi connectivity index (χ0) is 22.4. The van der Waals surface area contributed by atoms with Crippen LogP contribution in [0.4, 0.5) is 4.79 Å². The van der Waals surface area contributed by atoms with E-state index in [1.54, 1.807) is 25.1 Å². The quantitative estimate of drug-likeness (QED) is 0.371. The third kappa shape index (κ3) is 5.04. The Labute approximate surface area is 178 Å². The summed E-state index contributed by atoms with van der Waals surface area (Å²) in [6, 6.07) is 6.46. The molecule has 0 saturated heterocycles. The summed E-state index contributed by atoms with van der Waals surface area (Å²) in [7, 11) is 2.90. The van der Waals surface area contributed by atoms with Crippen molar-refractivity contribution in [1.29, 1.82) is 0 Å². The number of hydrogen-bond acceptors (Lipinski definition) is 8. The van der Waals surface area contributed by atoms with Gasteiger partial charge in [-0.3, -0.25) is 0 Å². The Kier molecular flexibility index (Phi) is 6.93. The number of rotatable bonds is 8. The number of amides is 2. The molecule has 0 spiro atoms. The number of hydrogen-bond donors (Lipinski definition) is 2. The summed E-state index contributed by atoms with van der Waals surface area (Å²) in [4.78, 5) is 36.8. The molecule has 0 saturated carbocycles. The molecule has 2 aromatic rings. The minimum Gasteiger partial charge on any atom is -0.493 e. The monoisotopic (exact) mass is 430 g/mol. The van der Waals surface area contributed by atoms with Crippen molar-refractivity contribution in [2.24, 2.45) is 0 Å². The number of allylic oxidation sites excluding steroid dienone is 1. The van der Waals surface area contributed by atoms with Crippen LogP contribution in [0.2, 0.25) is 0 Å². The van der Waals surface area contributed by atoms with E-state index in [1.165, 1.54) is 32.6 Å². The van der Waals surface area contributed by atoms with E-state index in [9.17, 15) is 14.4 Å². The number of urea groups is 1. The molecule has 0 fully saturated rings. The van der Waals surface area contributed by atoms with E-state index in [4.69, 9.17) is 23.4 Å². The van der Waals surface area contributed by atoms with E-state index in [0.717, 1.165) is 0 Å². The van der Waals surface area contributed by atoms with Crippen LogP contribution in [0.15, 0.2) is 52.3 Å². The zero-order valence-electron chi connectivity index (χ0n) is 17.2. The van der Waals surface area contributed by atoms with Gasteiger partial charge in [-0.2, -0.15) is 0 Å². The van der Waals surface area contributed by atoms with E-state index in [1.807, 2.05) is 0 Å². The van der Waals surface area contributed by atoms with Gasteiger partial charge >= 0.3 is 18.0 Å². The lowest BCUT2D eigenvalue weighted by molar-refractivity contribution is -0.140. The molecule has 0 aliphatic carbocycles. The van der Waals surface area contributed by atoms with Gasteiger partial charge in [0, 0.05) is 12.8 Å². The molecule has 0 unspecified atom stereocenters. The van der Waals surface area contributed by atoms with Crippen LogP contribution in [-0.4, -0.2) is 45.4 Å². The van der Waals surface area contributed by atoms with Gasteiger partial charge in [0.15, 0.2) is 11.5 Å². The van der Waals surface area contributed by atoms with E-state index in [-0.39, 0.29) is 36.0 Å². The first-order valence-corrected chi connectivity index (χ1v) is 9.32. The molecule has 2 N–H and O–H groups in total. The molecule has 1 aromatic carbocycles. The number of methoxy groups -OCH3 is 2. The van der Waals surface area contributed by atoms with Gasteiger partial charge < -0.3 is 34.0 Å². The van der Waals surface area contributed by atoms with Crippen molar-refractivity contribution in [3.63, 3.8) is 0 Å². The Morgan fingerprint density at radius 1 is 1.10 bits per heavy atom. The number of carbonyl (C=O) groups is 3. The average molecular weight is 430 g/mol. The van der Waals surface area contributed by atoms with E-state index in [0.29, 0.717) is 11.3 Å². The van der Waals surface area contributed by atoms with Crippen molar-refractivity contribution in [1.82, 2.24) is 10.6 Å². The van der Waals surface area contributed by atoms with Crippen LogP contribution < -0.4 is 20.1 Å². The Balaban J connectivity index is 1.88. The minimum atomic E-state index is -0.799. The maximum Gasteiger partial charge on any atom is 0.379 e. The number of nitrogens with one attached hydrogen (secondary N) is 2. The van der Waals surface area contributed by atoms with Crippen molar-refractivity contribution >= 4 is 18.0 Å². The lowest BCUT2D eigenvalue weighted by Gasteiger charge is -2.28. The van der Waals surface area contributed by atoms with Crippen molar-refractivity contribution in [3.05, 3.63) is 59.2 Å². The predicted molar refractivity (Wildman–Crippen MR) is 107 cm³/mol. The molecule has 2 amide bonds. The zero-order valence-corrected chi connectivity index (χ0v) is 17.2. The van der Waals surface area contributed by atoms with Crippen LogP contribution in [0.25, 0.3) is 0 Å². The first-order valence-electron chi connectivity index (χ1n) is 9.32. The van der Waals surface area contributed by atoms with Gasteiger partial charge in [0.25, 0.3) is 0 Å². The maximum atomic E-state index is 12.6. The molecule has 1 atom stereocenters. The fraction of sp³-hybridized carbons (Fsp3) is 0.286. The molecule has 1 aliphatic heterocycles. The summed E-state index contributed by atoms with van der Waals surface area (Å²) < 4.78 is 25.8. The molecule has 1 aliphatic rings.